The number of aryl methyl sites for hydroxylation is 2. The van der Waals surface area contributed by atoms with E-state index in [1.54, 1.807) is 14.2 Å². The molecule has 1 unspecified atom stereocenters. The van der Waals surface area contributed by atoms with Crippen molar-refractivity contribution in [3.8, 4) is 17.2 Å². The number of ether oxygens (including phenoxy) is 3. The van der Waals surface area contributed by atoms with Crippen LogP contribution in [0.5, 0.6) is 17.2 Å². The molecule has 0 aliphatic carbocycles. The lowest BCUT2D eigenvalue weighted by Crippen LogP contribution is -2.37. The minimum absolute atomic E-state index is 0.0679. The van der Waals surface area contributed by atoms with Gasteiger partial charge in [0, 0.05) is 11.6 Å². The summed E-state index contributed by atoms with van der Waals surface area (Å²) in [5, 5.41) is 6.08. The van der Waals surface area contributed by atoms with Gasteiger partial charge in [-0.15, -0.1) is 0 Å². The van der Waals surface area contributed by atoms with Gasteiger partial charge < -0.3 is 24.8 Å². The number of methoxy groups -OCH3 is 2. The van der Waals surface area contributed by atoms with Crippen molar-refractivity contribution in [2.75, 3.05) is 33.9 Å². The summed E-state index contributed by atoms with van der Waals surface area (Å²) in [6.45, 7) is 7.08. The summed E-state index contributed by atoms with van der Waals surface area (Å²) in [6.07, 6.45) is 0. The van der Waals surface area contributed by atoms with Gasteiger partial charge in [0.1, 0.15) is 23.9 Å². The fraction of sp³-hybridized carbons (Fsp3) is 0.409. The zero-order valence-corrected chi connectivity index (χ0v) is 17.3. The van der Waals surface area contributed by atoms with Crippen molar-refractivity contribution < 1.29 is 19.0 Å². The molecule has 0 aromatic heterocycles. The quantitative estimate of drug-likeness (QED) is 0.614. The molecule has 0 aliphatic rings. The van der Waals surface area contributed by atoms with Crippen LogP contribution in [0.4, 0.5) is 0 Å². The van der Waals surface area contributed by atoms with Gasteiger partial charge in [0.2, 0.25) is 5.91 Å². The number of amides is 1. The maximum Gasteiger partial charge on any atom is 0.234 e. The first-order valence-electron chi connectivity index (χ1n) is 9.37. The summed E-state index contributed by atoms with van der Waals surface area (Å²) < 4.78 is 16.5. The van der Waals surface area contributed by atoms with Crippen LogP contribution in [0.15, 0.2) is 36.4 Å². The van der Waals surface area contributed by atoms with Gasteiger partial charge in [0.15, 0.2) is 0 Å². The van der Waals surface area contributed by atoms with E-state index in [2.05, 4.69) is 10.6 Å². The number of carbonyl (C=O) groups is 1. The number of hydrogen-bond acceptors (Lipinski definition) is 5. The molecule has 0 bridgehead atoms. The predicted molar refractivity (Wildman–Crippen MR) is 110 cm³/mol. The number of carbonyl (C=O) groups excluding carboxylic acids is 1. The van der Waals surface area contributed by atoms with Crippen molar-refractivity contribution in [3.05, 3.63) is 53.1 Å². The molecule has 0 heterocycles. The van der Waals surface area contributed by atoms with E-state index < -0.39 is 0 Å². The number of nitrogens with one attached hydrogen (secondary N) is 2. The third-order valence-corrected chi connectivity index (χ3v) is 4.55. The molecule has 2 aromatic rings. The summed E-state index contributed by atoms with van der Waals surface area (Å²) in [4.78, 5) is 12.1. The van der Waals surface area contributed by atoms with E-state index in [9.17, 15) is 4.79 Å². The molecule has 0 saturated carbocycles. The lowest BCUT2D eigenvalue weighted by atomic mass is 10.1. The predicted octanol–water partition coefficient (Wildman–Crippen LogP) is 3.17. The molecule has 0 fully saturated rings. The first kappa shape index (κ1) is 21.6. The second-order valence-electron chi connectivity index (χ2n) is 6.63. The monoisotopic (exact) mass is 386 g/mol. The van der Waals surface area contributed by atoms with Gasteiger partial charge in [0.25, 0.3) is 0 Å². The van der Waals surface area contributed by atoms with E-state index in [-0.39, 0.29) is 18.5 Å². The molecular formula is C22H30N2O4. The Morgan fingerprint density at radius 1 is 1.07 bits per heavy atom. The van der Waals surface area contributed by atoms with Crippen LogP contribution in [0, 0.1) is 13.8 Å². The van der Waals surface area contributed by atoms with E-state index in [4.69, 9.17) is 14.2 Å². The number of rotatable bonds is 10. The van der Waals surface area contributed by atoms with E-state index in [1.165, 1.54) is 0 Å². The summed E-state index contributed by atoms with van der Waals surface area (Å²) in [5.74, 6) is 2.30. The van der Waals surface area contributed by atoms with Crippen molar-refractivity contribution in [3.63, 3.8) is 0 Å². The third-order valence-electron chi connectivity index (χ3n) is 4.55. The molecular weight excluding hydrogens is 356 g/mol. The normalized spacial score (nSPS) is 11.6. The zero-order valence-electron chi connectivity index (χ0n) is 17.3. The Morgan fingerprint density at radius 3 is 2.43 bits per heavy atom. The second kappa shape index (κ2) is 10.6. The Kier molecular flexibility index (Phi) is 8.14. The molecule has 6 nitrogen and oxygen atoms in total. The molecule has 0 aliphatic heterocycles. The topological polar surface area (TPSA) is 68.8 Å². The maximum atomic E-state index is 12.1. The maximum absolute atomic E-state index is 12.1. The molecule has 2 aromatic carbocycles. The van der Waals surface area contributed by atoms with Gasteiger partial charge in [-0.2, -0.15) is 0 Å². The summed E-state index contributed by atoms with van der Waals surface area (Å²) in [6, 6.07) is 11.6. The molecule has 1 amide bonds. The standard InChI is InChI=1S/C22H30N2O4/c1-15-7-6-8-16(2)22(15)28-12-11-23-21(25)14-24-17(3)19-13-18(26-4)9-10-20(19)27-5/h6-10,13,17,24H,11-12,14H2,1-5H3,(H,23,25). The van der Waals surface area contributed by atoms with Crippen LogP contribution in [0.3, 0.4) is 0 Å². The molecule has 2 rings (SSSR count). The molecule has 28 heavy (non-hydrogen) atoms. The van der Waals surface area contributed by atoms with Crippen LogP contribution < -0.4 is 24.8 Å². The Hall–Kier alpha value is -2.73. The van der Waals surface area contributed by atoms with Gasteiger partial charge >= 0.3 is 0 Å². The van der Waals surface area contributed by atoms with Crippen molar-refractivity contribution in [1.29, 1.82) is 0 Å². The van der Waals surface area contributed by atoms with Crippen LogP contribution in [0.25, 0.3) is 0 Å². The van der Waals surface area contributed by atoms with Crippen LogP contribution in [-0.4, -0.2) is 39.8 Å². The second-order valence-corrected chi connectivity index (χ2v) is 6.63. The first-order chi connectivity index (χ1) is 13.5. The highest BCUT2D eigenvalue weighted by molar-refractivity contribution is 5.78. The van der Waals surface area contributed by atoms with Crippen LogP contribution in [0.1, 0.15) is 29.7 Å². The zero-order chi connectivity index (χ0) is 20.5. The molecule has 6 heteroatoms. The van der Waals surface area contributed by atoms with E-state index >= 15 is 0 Å². The Morgan fingerprint density at radius 2 is 1.79 bits per heavy atom. The average molecular weight is 386 g/mol. The van der Waals surface area contributed by atoms with Gasteiger partial charge in [-0.3, -0.25) is 4.79 Å². The van der Waals surface area contributed by atoms with Gasteiger partial charge in [-0.25, -0.2) is 0 Å². The Labute approximate surface area is 167 Å². The highest BCUT2D eigenvalue weighted by atomic mass is 16.5. The minimum atomic E-state index is -0.0844. The highest BCUT2D eigenvalue weighted by Crippen LogP contribution is 2.29. The molecule has 0 radical (unpaired) electrons. The Bertz CT molecular complexity index is 772. The fourth-order valence-electron chi connectivity index (χ4n) is 2.97. The number of hydrogen-bond donors (Lipinski definition) is 2. The lowest BCUT2D eigenvalue weighted by Gasteiger charge is -2.18. The summed E-state index contributed by atoms with van der Waals surface area (Å²) >= 11 is 0. The fourth-order valence-corrected chi connectivity index (χ4v) is 2.97. The molecule has 2 N–H and O–H groups in total. The van der Waals surface area contributed by atoms with Crippen LogP contribution in [-0.2, 0) is 4.79 Å². The van der Waals surface area contributed by atoms with Crippen molar-refractivity contribution in [2.45, 2.75) is 26.8 Å². The average Bonchev–Trinajstić information content (AvgIpc) is 2.70. The lowest BCUT2D eigenvalue weighted by molar-refractivity contribution is -0.120. The van der Waals surface area contributed by atoms with Crippen LogP contribution >= 0.6 is 0 Å². The minimum Gasteiger partial charge on any atom is -0.497 e. The third kappa shape index (κ3) is 5.89. The van der Waals surface area contributed by atoms with E-state index in [0.29, 0.717) is 13.2 Å². The molecule has 0 spiro atoms. The smallest absolute Gasteiger partial charge is 0.234 e. The van der Waals surface area contributed by atoms with Crippen molar-refractivity contribution in [1.82, 2.24) is 10.6 Å². The summed E-state index contributed by atoms with van der Waals surface area (Å²) in [7, 11) is 3.25. The first-order valence-corrected chi connectivity index (χ1v) is 9.37. The molecule has 152 valence electrons. The number of benzene rings is 2. The van der Waals surface area contributed by atoms with Gasteiger partial charge in [-0.1, -0.05) is 18.2 Å². The molecule has 0 saturated heterocycles. The van der Waals surface area contributed by atoms with Gasteiger partial charge in [0.05, 0.1) is 27.3 Å². The van der Waals surface area contributed by atoms with Crippen molar-refractivity contribution in [2.24, 2.45) is 0 Å². The van der Waals surface area contributed by atoms with Crippen molar-refractivity contribution >= 4 is 5.91 Å². The van der Waals surface area contributed by atoms with E-state index in [0.717, 1.165) is 33.9 Å². The largest absolute Gasteiger partial charge is 0.497 e. The van der Waals surface area contributed by atoms with E-state index in [1.807, 2.05) is 57.2 Å². The van der Waals surface area contributed by atoms with Gasteiger partial charge in [-0.05, 0) is 50.1 Å². The highest BCUT2D eigenvalue weighted by Gasteiger charge is 2.14. The summed E-state index contributed by atoms with van der Waals surface area (Å²) in [5.41, 5.74) is 3.12. The van der Waals surface area contributed by atoms with Crippen LogP contribution in [0.2, 0.25) is 0 Å². The molecule has 1 atom stereocenters. The number of para-hydroxylation sites is 1. The Balaban J connectivity index is 1.78. The SMILES string of the molecule is COc1ccc(OC)c(C(C)NCC(=O)NCCOc2c(C)cccc2C)c1.